The summed E-state index contributed by atoms with van der Waals surface area (Å²) < 4.78 is 0. The highest BCUT2D eigenvalue weighted by Gasteiger charge is 2.05. The van der Waals surface area contributed by atoms with E-state index in [1.54, 1.807) is 0 Å². The normalized spacial score (nSPS) is 10.3. The first-order valence-electron chi connectivity index (χ1n) is 5.64. The van der Waals surface area contributed by atoms with Crippen LogP contribution < -0.4 is 11.1 Å². The van der Waals surface area contributed by atoms with Gasteiger partial charge in [-0.2, -0.15) is 0 Å². The van der Waals surface area contributed by atoms with E-state index in [0.29, 0.717) is 23.7 Å². The van der Waals surface area contributed by atoms with Crippen molar-refractivity contribution in [2.24, 2.45) is 11.7 Å². The predicted molar refractivity (Wildman–Crippen MR) is 75.0 cm³/mol. The number of carbonyl (C=O) groups excluding carboxylic acids is 1. The number of carbonyl (C=O) groups is 1. The zero-order valence-corrected chi connectivity index (χ0v) is 11.0. The van der Waals surface area contributed by atoms with Crippen molar-refractivity contribution in [1.82, 2.24) is 0 Å². The molecule has 0 heterocycles. The van der Waals surface area contributed by atoms with Gasteiger partial charge in [0.1, 0.15) is 0 Å². The van der Waals surface area contributed by atoms with E-state index in [2.05, 4.69) is 5.32 Å². The van der Waals surface area contributed by atoms with Gasteiger partial charge in [0.25, 0.3) is 0 Å². The Kier molecular flexibility index (Phi) is 5.10. The van der Waals surface area contributed by atoms with Crippen molar-refractivity contribution in [3.05, 3.63) is 29.8 Å². The van der Waals surface area contributed by atoms with Crippen LogP contribution in [0.5, 0.6) is 0 Å². The molecule has 0 atom stereocenters. The Bertz CT molecular complexity index is 398. The van der Waals surface area contributed by atoms with Crippen LogP contribution in [0.1, 0.15) is 25.8 Å². The maximum Gasteiger partial charge on any atom is 0.224 e. The fraction of sp³-hybridized carbons (Fsp3) is 0.385. The van der Waals surface area contributed by atoms with Crippen LogP contribution in [0.3, 0.4) is 0 Å². The summed E-state index contributed by atoms with van der Waals surface area (Å²) in [6, 6.07) is 7.58. The molecule has 0 radical (unpaired) electrons. The lowest BCUT2D eigenvalue weighted by Gasteiger charge is -2.07. The second-order valence-electron chi connectivity index (χ2n) is 4.49. The second kappa shape index (κ2) is 6.35. The largest absolute Gasteiger partial charge is 0.393 e. The Hall–Kier alpha value is -1.42. The van der Waals surface area contributed by atoms with E-state index in [9.17, 15) is 4.79 Å². The van der Waals surface area contributed by atoms with Gasteiger partial charge in [-0.25, -0.2) is 0 Å². The fourth-order valence-corrected chi connectivity index (χ4v) is 1.66. The monoisotopic (exact) mass is 250 g/mol. The van der Waals surface area contributed by atoms with Gasteiger partial charge in [0.05, 0.1) is 4.99 Å². The fourth-order valence-electron chi connectivity index (χ4n) is 1.49. The molecule has 3 nitrogen and oxygen atoms in total. The van der Waals surface area contributed by atoms with Crippen LogP contribution in [-0.2, 0) is 11.2 Å². The van der Waals surface area contributed by atoms with Gasteiger partial charge < -0.3 is 11.1 Å². The predicted octanol–water partition coefficient (Wildman–Crippen LogP) is 2.50. The van der Waals surface area contributed by atoms with E-state index in [0.717, 1.165) is 11.3 Å². The van der Waals surface area contributed by atoms with Crippen molar-refractivity contribution in [2.75, 3.05) is 5.32 Å². The summed E-state index contributed by atoms with van der Waals surface area (Å²) in [7, 11) is 0. The van der Waals surface area contributed by atoms with Crippen molar-refractivity contribution in [1.29, 1.82) is 0 Å². The topological polar surface area (TPSA) is 55.1 Å². The number of benzene rings is 1. The third kappa shape index (κ3) is 5.45. The number of anilines is 1. The zero-order chi connectivity index (χ0) is 12.8. The highest BCUT2D eigenvalue weighted by atomic mass is 32.1. The third-order valence-electron chi connectivity index (χ3n) is 2.21. The summed E-state index contributed by atoms with van der Waals surface area (Å²) in [5, 5.41) is 2.85. The maximum absolute atomic E-state index is 11.5. The molecule has 3 N–H and O–H groups in total. The molecule has 17 heavy (non-hydrogen) atoms. The third-order valence-corrected chi connectivity index (χ3v) is 2.35. The van der Waals surface area contributed by atoms with Crippen LogP contribution in [0.25, 0.3) is 0 Å². The number of hydrogen-bond donors (Lipinski definition) is 2. The molecule has 0 aliphatic rings. The first-order valence-corrected chi connectivity index (χ1v) is 6.05. The van der Waals surface area contributed by atoms with Gasteiger partial charge in [0.15, 0.2) is 0 Å². The van der Waals surface area contributed by atoms with E-state index in [4.69, 9.17) is 18.0 Å². The first kappa shape index (κ1) is 13.6. The Morgan fingerprint density at radius 3 is 2.41 bits per heavy atom. The number of amides is 1. The van der Waals surface area contributed by atoms with Gasteiger partial charge in [0, 0.05) is 18.5 Å². The number of hydrogen-bond acceptors (Lipinski definition) is 2. The average Bonchev–Trinajstić information content (AvgIpc) is 2.18. The van der Waals surface area contributed by atoms with Crippen molar-refractivity contribution in [2.45, 2.75) is 26.7 Å². The molecule has 1 rings (SSSR count). The van der Waals surface area contributed by atoms with E-state index in [1.807, 2.05) is 38.1 Å². The van der Waals surface area contributed by atoms with E-state index in [-0.39, 0.29) is 5.91 Å². The summed E-state index contributed by atoms with van der Waals surface area (Å²) >= 11 is 4.84. The van der Waals surface area contributed by atoms with Gasteiger partial charge >= 0.3 is 0 Å². The van der Waals surface area contributed by atoms with Gasteiger partial charge in [-0.15, -0.1) is 0 Å². The van der Waals surface area contributed by atoms with Crippen LogP contribution in [0, 0.1) is 5.92 Å². The molecular weight excluding hydrogens is 232 g/mol. The lowest BCUT2D eigenvalue weighted by molar-refractivity contribution is -0.116. The van der Waals surface area contributed by atoms with Gasteiger partial charge in [0.2, 0.25) is 5.91 Å². The van der Waals surface area contributed by atoms with Crippen LogP contribution in [0.4, 0.5) is 5.69 Å². The summed E-state index contributed by atoms with van der Waals surface area (Å²) in [4.78, 5) is 12.0. The minimum Gasteiger partial charge on any atom is -0.393 e. The van der Waals surface area contributed by atoms with Gasteiger partial charge in [-0.3, -0.25) is 4.79 Å². The molecule has 0 unspecified atom stereocenters. The molecular formula is C13H18N2OS. The quantitative estimate of drug-likeness (QED) is 0.789. The smallest absolute Gasteiger partial charge is 0.224 e. The summed E-state index contributed by atoms with van der Waals surface area (Å²) in [5.41, 5.74) is 7.32. The highest BCUT2D eigenvalue weighted by Crippen LogP contribution is 2.11. The number of nitrogens with two attached hydrogens (primary N) is 1. The average molecular weight is 250 g/mol. The molecule has 0 aliphatic heterocycles. The summed E-state index contributed by atoms with van der Waals surface area (Å²) in [5.74, 6) is 0.408. The Morgan fingerprint density at radius 1 is 1.35 bits per heavy atom. The van der Waals surface area contributed by atoms with Gasteiger partial charge in [-0.05, 0) is 23.6 Å². The number of nitrogens with one attached hydrogen (secondary N) is 1. The SMILES string of the molecule is CC(C)CC(=O)Nc1ccc(CC(N)=S)cc1. The highest BCUT2D eigenvalue weighted by molar-refractivity contribution is 7.80. The Morgan fingerprint density at radius 2 is 1.94 bits per heavy atom. The van der Waals surface area contributed by atoms with Crippen molar-refractivity contribution < 1.29 is 4.79 Å². The molecule has 0 fully saturated rings. The van der Waals surface area contributed by atoms with Crippen LogP contribution in [-0.4, -0.2) is 10.9 Å². The number of thiocarbonyl (C=S) groups is 1. The molecule has 0 saturated heterocycles. The maximum atomic E-state index is 11.5. The standard InChI is InChI=1S/C13H18N2OS/c1-9(2)7-13(16)15-11-5-3-10(4-6-11)8-12(14)17/h3-6,9H,7-8H2,1-2H3,(H2,14,17)(H,15,16). The minimum absolute atomic E-state index is 0.0436. The summed E-state index contributed by atoms with van der Waals surface area (Å²) in [6.45, 7) is 4.04. The molecule has 1 aromatic carbocycles. The summed E-state index contributed by atoms with van der Waals surface area (Å²) in [6.07, 6.45) is 1.13. The Labute approximate surface area is 107 Å². The lowest BCUT2D eigenvalue weighted by Crippen LogP contribution is -2.14. The molecule has 0 aromatic heterocycles. The van der Waals surface area contributed by atoms with Crippen molar-refractivity contribution in [3.8, 4) is 0 Å². The van der Waals surface area contributed by atoms with E-state index < -0.39 is 0 Å². The van der Waals surface area contributed by atoms with Gasteiger partial charge in [-0.1, -0.05) is 38.2 Å². The van der Waals surface area contributed by atoms with Crippen LogP contribution in [0.2, 0.25) is 0 Å². The van der Waals surface area contributed by atoms with Crippen molar-refractivity contribution >= 4 is 28.8 Å². The van der Waals surface area contributed by atoms with Crippen LogP contribution >= 0.6 is 12.2 Å². The minimum atomic E-state index is 0.0436. The zero-order valence-electron chi connectivity index (χ0n) is 10.2. The second-order valence-corrected chi connectivity index (χ2v) is 5.01. The molecule has 1 aromatic rings. The molecule has 0 bridgehead atoms. The number of rotatable bonds is 5. The Balaban J connectivity index is 2.56. The molecule has 4 heteroatoms. The molecule has 0 spiro atoms. The lowest BCUT2D eigenvalue weighted by atomic mass is 10.1. The van der Waals surface area contributed by atoms with E-state index in [1.165, 1.54) is 0 Å². The molecule has 92 valence electrons. The van der Waals surface area contributed by atoms with Crippen molar-refractivity contribution in [3.63, 3.8) is 0 Å². The molecule has 0 saturated carbocycles. The van der Waals surface area contributed by atoms with Crippen LogP contribution in [0.15, 0.2) is 24.3 Å². The molecule has 1 amide bonds. The first-order chi connectivity index (χ1) is 7.97. The molecule has 0 aliphatic carbocycles. The van der Waals surface area contributed by atoms with E-state index >= 15 is 0 Å².